The maximum Gasteiger partial charge on any atom is 0.343 e. The van der Waals surface area contributed by atoms with E-state index < -0.39 is 11.9 Å². The van der Waals surface area contributed by atoms with E-state index in [0.29, 0.717) is 11.3 Å². The van der Waals surface area contributed by atoms with Crippen LogP contribution in [-0.2, 0) is 10.8 Å². The Hall–Kier alpha value is -2.62. The molecule has 2 aromatic carbocycles. The summed E-state index contributed by atoms with van der Waals surface area (Å²) in [5, 5.41) is 8.97. The van der Waals surface area contributed by atoms with Gasteiger partial charge < -0.3 is 9.84 Å². The smallest absolute Gasteiger partial charge is 0.343 e. The molecule has 1 aliphatic carbocycles. The first-order chi connectivity index (χ1) is 12.5. The second kappa shape index (κ2) is 6.52. The number of fused-ring (bicyclic) bond motifs is 1. The van der Waals surface area contributed by atoms with Crippen molar-refractivity contribution < 1.29 is 19.4 Å². The molecule has 1 N–H and O–H groups in total. The third-order valence-electron chi connectivity index (χ3n) is 5.72. The van der Waals surface area contributed by atoms with Gasteiger partial charge in [-0.3, -0.25) is 0 Å². The zero-order chi connectivity index (χ0) is 20.0. The van der Waals surface area contributed by atoms with Gasteiger partial charge in [-0.2, -0.15) is 0 Å². The lowest BCUT2D eigenvalue weighted by molar-refractivity contribution is 0.0691. The summed E-state index contributed by atoms with van der Waals surface area (Å²) < 4.78 is 5.67. The van der Waals surface area contributed by atoms with Crippen molar-refractivity contribution in [1.29, 1.82) is 0 Å². The van der Waals surface area contributed by atoms with Gasteiger partial charge in [0.1, 0.15) is 5.75 Å². The Kier molecular flexibility index (Phi) is 4.62. The lowest BCUT2D eigenvalue weighted by atomic mass is 9.63. The molecule has 2 aromatic rings. The maximum atomic E-state index is 12.5. The Bertz CT molecular complexity index is 905. The fourth-order valence-corrected chi connectivity index (χ4v) is 3.72. The number of aromatic carboxylic acids is 1. The predicted molar refractivity (Wildman–Crippen MR) is 105 cm³/mol. The van der Waals surface area contributed by atoms with E-state index in [1.54, 1.807) is 0 Å². The van der Waals surface area contributed by atoms with E-state index in [2.05, 4.69) is 33.8 Å². The predicted octanol–water partition coefficient (Wildman–Crippen LogP) is 5.26. The third kappa shape index (κ3) is 3.61. The first-order valence-corrected chi connectivity index (χ1v) is 9.22. The number of hydrogen-bond donors (Lipinski definition) is 1. The van der Waals surface area contributed by atoms with Crippen LogP contribution in [-0.4, -0.2) is 17.0 Å². The number of carbonyl (C=O) groups excluding carboxylic acids is 1. The number of ether oxygens (including phenoxy) is 1. The zero-order valence-corrected chi connectivity index (χ0v) is 16.6. The highest BCUT2D eigenvalue weighted by molar-refractivity contribution is 5.93. The Morgan fingerprint density at radius 2 is 1.37 bits per heavy atom. The van der Waals surface area contributed by atoms with Crippen molar-refractivity contribution in [1.82, 2.24) is 0 Å². The molecule has 0 bridgehead atoms. The van der Waals surface area contributed by atoms with Gasteiger partial charge in [0, 0.05) is 0 Å². The Morgan fingerprint density at radius 1 is 0.889 bits per heavy atom. The molecule has 1 aliphatic rings. The molecule has 0 fully saturated rings. The van der Waals surface area contributed by atoms with Crippen LogP contribution in [0.2, 0.25) is 0 Å². The highest BCUT2D eigenvalue weighted by atomic mass is 16.5. The molecule has 0 amide bonds. The van der Waals surface area contributed by atoms with Crippen LogP contribution in [0.15, 0.2) is 36.4 Å². The zero-order valence-electron chi connectivity index (χ0n) is 16.6. The van der Waals surface area contributed by atoms with Crippen LogP contribution in [0.1, 0.15) is 77.9 Å². The summed E-state index contributed by atoms with van der Waals surface area (Å²) in [7, 11) is 0. The number of carboxylic acids is 1. The first-order valence-electron chi connectivity index (χ1n) is 9.22. The number of carboxylic acid groups (broad SMARTS) is 1. The fourth-order valence-electron chi connectivity index (χ4n) is 3.72. The van der Waals surface area contributed by atoms with Gasteiger partial charge in [0.15, 0.2) is 0 Å². The molecule has 0 heterocycles. The molecule has 0 unspecified atom stereocenters. The van der Waals surface area contributed by atoms with Crippen LogP contribution in [0.4, 0.5) is 0 Å². The molecule has 0 atom stereocenters. The summed E-state index contributed by atoms with van der Waals surface area (Å²) >= 11 is 0. The molecule has 3 rings (SSSR count). The lowest BCUT2D eigenvalue weighted by Crippen LogP contribution is -2.34. The van der Waals surface area contributed by atoms with Crippen molar-refractivity contribution in [3.63, 3.8) is 0 Å². The summed E-state index contributed by atoms with van der Waals surface area (Å²) in [5.41, 5.74) is 4.08. The van der Waals surface area contributed by atoms with Crippen molar-refractivity contribution in [3.05, 3.63) is 64.2 Å². The minimum Gasteiger partial charge on any atom is -0.478 e. The van der Waals surface area contributed by atoms with Crippen molar-refractivity contribution in [2.24, 2.45) is 0 Å². The van der Waals surface area contributed by atoms with Gasteiger partial charge in [0.25, 0.3) is 0 Å². The molecule has 4 heteroatoms. The molecular formula is C23H26O4. The van der Waals surface area contributed by atoms with Crippen molar-refractivity contribution in [2.45, 2.75) is 58.3 Å². The van der Waals surface area contributed by atoms with Crippen LogP contribution in [0.25, 0.3) is 0 Å². The number of esters is 1. The van der Waals surface area contributed by atoms with Crippen molar-refractivity contribution >= 4 is 11.9 Å². The Labute approximate surface area is 160 Å². The molecule has 27 heavy (non-hydrogen) atoms. The standard InChI is InChI=1S/C23H26O4/c1-14-12-17-18(23(4,5)11-10-22(17,2)3)13-19(14)27-21(26)16-8-6-15(7-9-16)20(24)25/h6-9,12-13H,10-11H2,1-5H3,(H,24,25). The summed E-state index contributed by atoms with van der Waals surface area (Å²) in [6.07, 6.45) is 2.21. The van der Waals surface area contributed by atoms with Crippen LogP contribution in [0.5, 0.6) is 5.75 Å². The summed E-state index contributed by atoms with van der Waals surface area (Å²) in [4.78, 5) is 23.5. The molecule has 0 saturated heterocycles. The van der Waals surface area contributed by atoms with Crippen LogP contribution in [0, 0.1) is 6.92 Å². The SMILES string of the molecule is Cc1cc2c(cc1OC(=O)c1ccc(C(=O)O)cc1)C(C)(C)CCC2(C)C. The topological polar surface area (TPSA) is 63.6 Å². The van der Waals surface area contributed by atoms with Crippen molar-refractivity contribution in [2.75, 3.05) is 0 Å². The molecule has 142 valence electrons. The Balaban J connectivity index is 1.94. The maximum absolute atomic E-state index is 12.5. The number of aryl methyl sites for hydroxylation is 1. The van der Waals surface area contributed by atoms with E-state index >= 15 is 0 Å². The lowest BCUT2D eigenvalue weighted by Gasteiger charge is -2.42. The average Bonchev–Trinajstić information content (AvgIpc) is 2.60. The van der Waals surface area contributed by atoms with E-state index in [-0.39, 0.29) is 16.4 Å². The summed E-state index contributed by atoms with van der Waals surface area (Å²) in [6.45, 7) is 10.9. The highest BCUT2D eigenvalue weighted by Gasteiger charge is 2.37. The van der Waals surface area contributed by atoms with Gasteiger partial charge in [-0.15, -0.1) is 0 Å². The molecular weight excluding hydrogens is 340 g/mol. The largest absolute Gasteiger partial charge is 0.478 e. The molecule has 0 saturated carbocycles. The Morgan fingerprint density at radius 3 is 1.89 bits per heavy atom. The van der Waals surface area contributed by atoms with E-state index in [1.165, 1.54) is 35.4 Å². The quantitative estimate of drug-likeness (QED) is 0.594. The van der Waals surface area contributed by atoms with E-state index in [1.807, 2.05) is 13.0 Å². The average molecular weight is 366 g/mol. The van der Waals surface area contributed by atoms with Gasteiger partial charge in [0.05, 0.1) is 11.1 Å². The molecule has 0 aliphatic heterocycles. The normalized spacial score (nSPS) is 17.1. The monoisotopic (exact) mass is 366 g/mol. The van der Waals surface area contributed by atoms with Crippen LogP contribution in [0.3, 0.4) is 0 Å². The van der Waals surface area contributed by atoms with Gasteiger partial charge in [-0.05, 0) is 77.6 Å². The number of benzene rings is 2. The minimum atomic E-state index is -1.02. The van der Waals surface area contributed by atoms with Gasteiger partial charge in [-0.1, -0.05) is 33.8 Å². The molecule has 0 spiro atoms. The van der Waals surface area contributed by atoms with E-state index in [9.17, 15) is 9.59 Å². The number of rotatable bonds is 3. The number of hydrogen-bond acceptors (Lipinski definition) is 3. The van der Waals surface area contributed by atoms with Crippen LogP contribution < -0.4 is 4.74 Å². The van der Waals surface area contributed by atoms with E-state index in [0.717, 1.165) is 18.4 Å². The number of carbonyl (C=O) groups is 2. The molecule has 4 nitrogen and oxygen atoms in total. The minimum absolute atomic E-state index is 0.0306. The summed E-state index contributed by atoms with van der Waals surface area (Å²) in [5.74, 6) is -0.944. The fraction of sp³-hybridized carbons (Fsp3) is 0.391. The second-order valence-corrected chi connectivity index (χ2v) is 8.70. The highest BCUT2D eigenvalue weighted by Crippen LogP contribution is 2.47. The third-order valence-corrected chi connectivity index (χ3v) is 5.72. The van der Waals surface area contributed by atoms with Crippen molar-refractivity contribution in [3.8, 4) is 5.75 Å². The molecule has 0 radical (unpaired) electrons. The molecule has 0 aromatic heterocycles. The van der Waals surface area contributed by atoms with Gasteiger partial charge >= 0.3 is 11.9 Å². The summed E-state index contributed by atoms with van der Waals surface area (Å²) in [6, 6.07) is 9.93. The van der Waals surface area contributed by atoms with Gasteiger partial charge in [-0.25, -0.2) is 9.59 Å². The second-order valence-electron chi connectivity index (χ2n) is 8.70. The van der Waals surface area contributed by atoms with Gasteiger partial charge in [0.2, 0.25) is 0 Å². The van der Waals surface area contributed by atoms with E-state index in [4.69, 9.17) is 9.84 Å². The first kappa shape index (κ1) is 19.2. The van der Waals surface area contributed by atoms with Crippen LogP contribution >= 0.6 is 0 Å².